The number of carbonyl (C=O) groups excluding carboxylic acids is 1. The number of hydrogen-bond donors (Lipinski definition) is 1. The average Bonchev–Trinajstić information content (AvgIpc) is 2.08. The summed E-state index contributed by atoms with van der Waals surface area (Å²) in [7, 11) is 4.04. The number of carbonyl (C=O) groups is 1. The second-order valence-electron chi connectivity index (χ2n) is 5.88. The molecule has 0 aromatic rings. The van der Waals surface area contributed by atoms with Crippen LogP contribution in [0.5, 0.6) is 0 Å². The Kier molecular flexibility index (Phi) is 4.47. The Bertz CT molecular complexity index is 246. The topological polar surface area (TPSA) is 41.6 Å². The molecule has 16 heavy (non-hydrogen) atoms. The number of ether oxygens (including phenoxy) is 1. The number of ketones is 1. The summed E-state index contributed by atoms with van der Waals surface area (Å²) in [5.74, 6) is 0.420. The van der Waals surface area contributed by atoms with Crippen LogP contribution in [0.25, 0.3) is 0 Å². The van der Waals surface area contributed by atoms with Crippen molar-refractivity contribution in [3.63, 3.8) is 0 Å². The monoisotopic (exact) mass is 228 g/mol. The van der Waals surface area contributed by atoms with Crippen LogP contribution in [0.1, 0.15) is 20.8 Å². The first-order valence-electron chi connectivity index (χ1n) is 5.82. The molecule has 94 valence electrons. The molecule has 0 aromatic carbocycles. The summed E-state index contributed by atoms with van der Waals surface area (Å²) < 4.78 is 5.32. The van der Waals surface area contributed by atoms with E-state index in [0.29, 0.717) is 6.61 Å². The van der Waals surface area contributed by atoms with E-state index in [1.165, 1.54) is 0 Å². The maximum atomic E-state index is 11.9. The molecule has 1 aliphatic rings. The zero-order valence-electron chi connectivity index (χ0n) is 11.0. The fourth-order valence-corrected chi connectivity index (χ4v) is 2.05. The summed E-state index contributed by atoms with van der Waals surface area (Å²) in [5, 5.41) is 3.41. The minimum Gasteiger partial charge on any atom is -0.373 e. The van der Waals surface area contributed by atoms with Crippen LogP contribution < -0.4 is 5.32 Å². The van der Waals surface area contributed by atoms with Gasteiger partial charge in [-0.05, 0) is 34.9 Å². The van der Waals surface area contributed by atoms with E-state index in [4.69, 9.17) is 4.74 Å². The number of nitrogens with one attached hydrogen (secondary N) is 1. The van der Waals surface area contributed by atoms with Gasteiger partial charge in [0.25, 0.3) is 0 Å². The Labute approximate surface area is 98.3 Å². The van der Waals surface area contributed by atoms with Crippen molar-refractivity contribution in [3.05, 3.63) is 0 Å². The molecule has 2 atom stereocenters. The lowest BCUT2D eigenvalue weighted by Gasteiger charge is -2.37. The summed E-state index contributed by atoms with van der Waals surface area (Å²) >= 11 is 0. The lowest BCUT2D eigenvalue weighted by atomic mass is 9.91. The largest absolute Gasteiger partial charge is 0.373 e. The molecule has 4 nitrogen and oxygen atoms in total. The Morgan fingerprint density at radius 2 is 2.06 bits per heavy atom. The van der Waals surface area contributed by atoms with Crippen LogP contribution in [0.4, 0.5) is 0 Å². The van der Waals surface area contributed by atoms with Crippen LogP contribution in [-0.2, 0) is 9.53 Å². The standard InChI is InChI=1S/C12H24N2O2/c1-12(2,3)13-11-9(6-14(4)5)7-16-8-10(11)15/h9,11,13H,6-8H2,1-5H3. The zero-order valence-corrected chi connectivity index (χ0v) is 11.0. The summed E-state index contributed by atoms with van der Waals surface area (Å²) in [6, 6.07) is -0.0730. The van der Waals surface area contributed by atoms with Crippen LogP contribution in [0, 0.1) is 5.92 Å². The fourth-order valence-electron chi connectivity index (χ4n) is 2.05. The molecule has 1 fully saturated rings. The van der Waals surface area contributed by atoms with Gasteiger partial charge in [0, 0.05) is 18.0 Å². The van der Waals surface area contributed by atoms with E-state index in [0.717, 1.165) is 6.54 Å². The summed E-state index contributed by atoms with van der Waals surface area (Å²) in [5.41, 5.74) is -0.0395. The van der Waals surface area contributed by atoms with E-state index in [-0.39, 0.29) is 29.9 Å². The molecule has 0 amide bonds. The van der Waals surface area contributed by atoms with Crippen LogP contribution in [0.3, 0.4) is 0 Å². The quantitative estimate of drug-likeness (QED) is 0.764. The smallest absolute Gasteiger partial charge is 0.175 e. The van der Waals surface area contributed by atoms with Gasteiger partial charge in [0.05, 0.1) is 12.6 Å². The van der Waals surface area contributed by atoms with Gasteiger partial charge in [0.15, 0.2) is 5.78 Å². The highest BCUT2D eigenvalue weighted by atomic mass is 16.5. The van der Waals surface area contributed by atoms with Crippen LogP contribution in [0.15, 0.2) is 0 Å². The van der Waals surface area contributed by atoms with Crippen molar-refractivity contribution >= 4 is 5.78 Å². The number of rotatable bonds is 3. The maximum absolute atomic E-state index is 11.9. The first-order valence-corrected chi connectivity index (χ1v) is 5.82. The third-order valence-corrected chi connectivity index (χ3v) is 2.58. The van der Waals surface area contributed by atoms with Gasteiger partial charge in [-0.3, -0.25) is 4.79 Å². The second-order valence-corrected chi connectivity index (χ2v) is 5.88. The highest BCUT2D eigenvalue weighted by molar-refractivity contribution is 5.86. The number of hydrogen-bond acceptors (Lipinski definition) is 4. The molecule has 1 saturated heterocycles. The minimum absolute atomic E-state index is 0.0395. The van der Waals surface area contributed by atoms with Gasteiger partial charge in [-0.25, -0.2) is 0 Å². The minimum atomic E-state index is -0.0730. The molecule has 0 aromatic heterocycles. The molecule has 0 bridgehead atoms. The molecule has 0 spiro atoms. The van der Waals surface area contributed by atoms with Gasteiger partial charge < -0.3 is 15.0 Å². The molecule has 0 aliphatic carbocycles. The van der Waals surface area contributed by atoms with Gasteiger partial charge in [-0.1, -0.05) is 0 Å². The van der Waals surface area contributed by atoms with E-state index in [1.807, 2.05) is 14.1 Å². The number of nitrogens with zero attached hydrogens (tertiary/aromatic N) is 1. The normalized spacial score (nSPS) is 27.5. The van der Waals surface area contributed by atoms with Gasteiger partial charge in [0.2, 0.25) is 0 Å². The van der Waals surface area contributed by atoms with E-state index in [9.17, 15) is 4.79 Å². The predicted molar refractivity (Wildman–Crippen MR) is 64.5 cm³/mol. The van der Waals surface area contributed by atoms with E-state index < -0.39 is 0 Å². The van der Waals surface area contributed by atoms with E-state index in [1.54, 1.807) is 0 Å². The van der Waals surface area contributed by atoms with Crippen molar-refractivity contribution in [3.8, 4) is 0 Å². The Morgan fingerprint density at radius 1 is 1.44 bits per heavy atom. The van der Waals surface area contributed by atoms with E-state index in [2.05, 4.69) is 31.0 Å². The first kappa shape index (κ1) is 13.6. The summed E-state index contributed by atoms with van der Waals surface area (Å²) in [6.45, 7) is 8.04. The molecule has 1 N–H and O–H groups in total. The Balaban J connectivity index is 2.68. The molecular formula is C12H24N2O2. The van der Waals surface area contributed by atoms with Gasteiger partial charge >= 0.3 is 0 Å². The predicted octanol–water partition coefficient (Wildman–Crippen LogP) is 0.520. The molecule has 0 radical (unpaired) electrons. The second kappa shape index (κ2) is 5.25. The zero-order chi connectivity index (χ0) is 12.3. The average molecular weight is 228 g/mol. The Morgan fingerprint density at radius 3 is 2.56 bits per heavy atom. The third-order valence-electron chi connectivity index (χ3n) is 2.58. The van der Waals surface area contributed by atoms with Crippen molar-refractivity contribution in [1.82, 2.24) is 10.2 Å². The summed E-state index contributed by atoms with van der Waals surface area (Å²) in [6.07, 6.45) is 0. The highest BCUT2D eigenvalue weighted by Crippen LogP contribution is 2.16. The van der Waals surface area contributed by atoms with E-state index >= 15 is 0 Å². The number of Topliss-reactive ketones (excluding diaryl/α,β-unsaturated/α-hetero) is 1. The lowest BCUT2D eigenvalue weighted by molar-refractivity contribution is -0.134. The molecule has 1 heterocycles. The lowest BCUT2D eigenvalue weighted by Crippen LogP contribution is -2.57. The van der Waals surface area contributed by atoms with Crippen molar-refractivity contribution in [2.75, 3.05) is 33.9 Å². The van der Waals surface area contributed by atoms with Crippen molar-refractivity contribution in [1.29, 1.82) is 0 Å². The molecule has 4 heteroatoms. The van der Waals surface area contributed by atoms with Crippen molar-refractivity contribution in [2.45, 2.75) is 32.4 Å². The molecule has 2 unspecified atom stereocenters. The fraction of sp³-hybridized carbons (Fsp3) is 0.917. The van der Waals surface area contributed by atoms with Crippen LogP contribution >= 0.6 is 0 Å². The first-order chi connectivity index (χ1) is 7.29. The molecule has 1 rings (SSSR count). The van der Waals surface area contributed by atoms with Crippen molar-refractivity contribution < 1.29 is 9.53 Å². The van der Waals surface area contributed by atoms with Gasteiger partial charge in [-0.15, -0.1) is 0 Å². The maximum Gasteiger partial charge on any atom is 0.175 e. The molecule has 0 saturated carbocycles. The third kappa shape index (κ3) is 4.20. The molecular weight excluding hydrogens is 204 g/mol. The molecule has 1 aliphatic heterocycles. The van der Waals surface area contributed by atoms with Crippen molar-refractivity contribution in [2.24, 2.45) is 5.92 Å². The summed E-state index contributed by atoms with van der Waals surface area (Å²) in [4.78, 5) is 14.0. The van der Waals surface area contributed by atoms with Gasteiger partial charge in [-0.2, -0.15) is 0 Å². The van der Waals surface area contributed by atoms with Crippen LogP contribution in [-0.4, -0.2) is 56.1 Å². The van der Waals surface area contributed by atoms with Gasteiger partial charge in [0.1, 0.15) is 6.61 Å². The highest BCUT2D eigenvalue weighted by Gasteiger charge is 2.34. The Hall–Kier alpha value is -0.450. The van der Waals surface area contributed by atoms with Crippen LogP contribution in [0.2, 0.25) is 0 Å². The SMILES string of the molecule is CN(C)CC1COCC(=O)C1NC(C)(C)C.